The molecular weight excluding hydrogens is 456 g/mol. The fraction of sp³-hybridized carbons (Fsp3) is 0.333. The van der Waals surface area contributed by atoms with Crippen LogP contribution in [0.2, 0.25) is 5.02 Å². The van der Waals surface area contributed by atoms with Gasteiger partial charge in [-0.05, 0) is 23.3 Å². The van der Waals surface area contributed by atoms with Gasteiger partial charge in [-0.25, -0.2) is 13.2 Å². The van der Waals surface area contributed by atoms with Crippen molar-refractivity contribution in [1.29, 1.82) is 0 Å². The third-order valence-corrected chi connectivity index (χ3v) is 7.37. The molecule has 1 heterocycles. The van der Waals surface area contributed by atoms with E-state index < -0.39 is 28.0 Å². The number of hydrogen-bond donors (Lipinski definition) is 3. The number of morpholine rings is 1. The number of carbonyl (C=O) groups is 2. The van der Waals surface area contributed by atoms with Crippen molar-refractivity contribution < 1.29 is 22.7 Å². The molecule has 1 saturated heterocycles. The molecule has 11 heteroatoms. The molecule has 0 saturated carbocycles. The molecule has 2 aromatic carbocycles. The number of sulfonamides is 1. The second kappa shape index (κ2) is 10.8. The first-order chi connectivity index (χ1) is 15.3. The van der Waals surface area contributed by atoms with E-state index in [-0.39, 0.29) is 31.0 Å². The Balaban J connectivity index is 1.72. The van der Waals surface area contributed by atoms with Crippen LogP contribution >= 0.6 is 11.6 Å². The predicted molar refractivity (Wildman–Crippen MR) is 119 cm³/mol. The molecule has 9 nitrogen and oxygen atoms in total. The minimum absolute atomic E-state index is 0.00436. The minimum atomic E-state index is -3.72. The van der Waals surface area contributed by atoms with Crippen molar-refractivity contribution in [2.75, 3.05) is 26.3 Å². The molecule has 2 aromatic rings. The second-order valence-corrected chi connectivity index (χ2v) is 9.50. The quantitative estimate of drug-likeness (QED) is 0.530. The Morgan fingerprint density at radius 2 is 1.75 bits per heavy atom. The summed E-state index contributed by atoms with van der Waals surface area (Å²) in [7, 11) is -3.72. The van der Waals surface area contributed by atoms with E-state index >= 15 is 0 Å². The zero-order valence-electron chi connectivity index (χ0n) is 17.3. The largest absolute Gasteiger partial charge is 0.379 e. The number of urea groups is 1. The first-order valence-electron chi connectivity index (χ1n) is 10.0. The van der Waals surface area contributed by atoms with Crippen molar-refractivity contribution in [3.63, 3.8) is 0 Å². The number of primary amides is 1. The van der Waals surface area contributed by atoms with Gasteiger partial charge in [-0.15, -0.1) is 0 Å². The van der Waals surface area contributed by atoms with Crippen molar-refractivity contribution >= 4 is 33.6 Å². The summed E-state index contributed by atoms with van der Waals surface area (Å²) >= 11 is 6.20. The fourth-order valence-electron chi connectivity index (χ4n) is 3.45. The minimum Gasteiger partial charge on any atom is -0.379 e. The van der Waals surface area contributed by atoms with Gasteiger partial charge < -0.3 is 21.1 Å². The lowest BCUT2D eigenvalue weighted by Gasteiger charge is -2.27. The van der Waals surface area contributed by atoms with Crippen molar-refractivity contribution in [1.82, 2.24) is 14.9 Å². The lowest BCUT2D eigenvalue weighted by atomic mass is 10.0. The highest BCUT2D eigenvalue weighted by atomic mass is 35.5. The van der Waals surface area contributed by atoms with Crippen LogP contribution < -0.4 is 16.4 Å². The summed E-state index contributed by atoms with van der Waals surface area (Å²) in [6, 6.07) is 11.8. The fourth-order valence-corrected chi connectivity index (χ4v) is 5.34. The standard InChI is InChI=1S/C21H25ClN4O5S/c22-17-7-3-2-6-16(17)18(25-21(23)28)13-20(27)24-14-15-5-1-4-8-19(15)32(29,30)26-9-11-31-12-10-26/h1-8,18H,9-14H2,(H,24,27)(H3,23,25,28)/t18-/m1/s1. The van der Waals surface area contributed by atoms with Gasteiger partial charge >= 0.3 is 6.03 Å². The van der Waals surface area contributed by atoms with E-state index in [2.05, 4.69) is 10.6 Å². The molecular formula is C21H25ClN4O5S. The average Bonchev–Trinajstić information content (AvgIpc) is 2.78. The lowest BCUT2D eigenvalue weighted by molar-refractivity contribution is -0.121. The smallest absolute Gasteiger partial charge is 0.312 e. The summed E-state index contributed by atoms with van der Waals surface area (Å²) in [5, 5.41) is 5.64. The first-order valence-corrected chi connectivity index (χ1v) is 11.8. The molecule has 1 aliphatic rings. The number of benzene rings is 2. The van der Waals surface area contributed by atoms with Gasteiger partial charge in [0.2, 0.25) is 15.9 Å². The van der Waals surface area contributed by atoms with Gasteiger partial charge in [0.1, 0.15) is 0 Å². The van der Waals surface area contributed by atoms with Crippen LogP contribution in [0.4, 0.5) is 4.79 Å². The van der Waals surface area contributed by atoms with E-state index in [1.54, 1.807) is 42.5 Å². The van der Waals surface area contributed by atoms with Crippen LogP contribution in [-0.4, -0.2) is 51.0 Å². The highest BCUT2D eigenvalue weighted by Crippen LogP contribution is 2.25. The van der Waals surface area contributed by atoms with Crippen molar-refractivity contribution in [2.24, 2.45) is 5.73 Å². The van der Waals surface area contributed by atoms with Gasteiger partial charge in [0.05, 0.1) is 30.6 Å². The zero-order chi connectivity index (χ0) is 23.1. The normalized spacial score (nSPS) is 15.7. The number of ether oxygens (including phenoxy) is 1. The van der Waals surface area contributed by atoms with Gasteiger partial charge in [-0.2, -0.15) is 4.31 Å². The van der Waals surface area contributed by atoms with Crippen LogP contribution in [0.1, 0.15) is 23.6 Å². The van der Waals surface area contributed by atoms with Gasteiger partial charge in [-0.3, -0.25) is 4.79 Å². The molecule has 3 amide bonds. The van der Waals surface area contributed by atoms with Crippen molar-refractivity contribution in [2.45, 2.75) is 23.9 Å². The van der Waals surface area contributed by atoms with Gasteiger partial charge in [0, 0.05) is 24.7 Å². The zero-order valence-corrected chi connectivity index (χ0v) is 18.9. The van der Waals surface area contributed by atoms with Crippen LogP contribution in [0.3, 0.4) is 0 Å². The van der Waals surface area contributed by atoms with Crippen LogP contribution in [0, 0.1) is 0 Å². The molecule has 0 aliphatic carbocycles. The second-order valence-electron chi connectivity index (χ2n) is 7.19. The van der Waals surface area contributed by atoms with E-state index in [1.807, 2.05) is 0 Å². The van der Waals surface area contributed by atoms with Gasteiger partial charge in [0.25, 0.3) is 0 Å². The lowest BCUT2D eigenvalue weighted by Crippen LogP contribution is -2.41. The Kier molecular flexibility index (Phi) is 8.08. The number of rotatable bonds is 8. The number of amides is 3. The number of hydrogen-bond acceptors (Lipinski definition) is 5. The molecule has 0 radical (unpaired) electrons. The molecule has 1 aliphatic heterocycles. The van der Waals surface area contributed by atoms with Crippen LogP contribution in [-0.2, 0) is 26.1 Å². The van der Waals surface area contributed by atoms with Crippen LogP contribution in [0.5, 0.6) is 0 Å². The maximum absolute atomic E-state index is 13.1. The molecule has 0 spiro atoms. The molecule has 4 N–H and O–H groups in total. The van der Waals surface area contributed by atoms with E-state index in [0.29, 0.717) is 29.4 Å². The number of carbonyl (C=O) groups excluding carboxylic acids is 2. The van der Waals surface area contributed by atoms with Crippen molar-refractivity contribution in [3.05, 3.63) is 64.7 Å². The molecule has 172 valence electrons. The summed E-state index contributed by atoms with van der Waals surface area (Å²) in [6.07, 6.45) is -0.120. The first kappa shape index (κ1) is 24.0. The molecule has 3 rings (SSSR count). The summed E-state index contributed by atoms with van der Waals surface area (Å²) in [4.78, 5) is 24.2. The van der Waals surface area contributed by atoms with E-state index in [9.17, 15) is 18.0 Å². The Morgan fingerprint density at radius 1 is 1.09 bits per heavy atom. The van der Waals surface area contributed by atoms with Crippen molar-refractivity contribution in [3.8, 4) is 0 Å². The highest BCUT2D eigenvalue weighted by molar-refractivity contribution is 7.89. The molecule has 32 heavy (non-hydrogen) atoms. The SMILES string of the molecule is NC(=O)N[C@H](CC(=O)NCc1ccccc1S(=O)(=O)N1CCOCC1)c1ccccc1Cl. The molecule has 0 unspecified atom stereocenters. The average molecular weight is 481 g/mol. The maximum atomic E-state index is 13.1. The molecule has 1 fully saturated rings. The van der Waals surface area contributed by atoms with E-state index in [4.69, 9.17) is 22.1 Å². The Bertz CT molecular complexity index is 1070. The summed E-state index contributed by atoms with van der Waals surface area (Å²) < 4.78 is 32.7. The molecule has 1 atom stereocenters. The topological polar surface area (TPSA) is 131 Å². The number of nitrogens with two attached hydrogens (primary N) is 1. The summed E-state index contributed by atoms with van der Waals surface area (Å²) in [5.74, 6) is -0.401. The Labute approximate surface area is 191 Å². The Morgan fingerprint density at radius 3 is 2.44 bits per heavy atom. The third-order valence-electron chi connectivity index (χ3n) is 5.02. The number of nitrogens with one attached hydrogen (secondary N) is 2. The molecule has 0 aromatic heterocycles. The summed E-state index contributed by atoms with van der Waals surface area (Å²) in [5.41, 5.74) is 6.27. The molecule has 0 bridgehead atoms. The maximum Gasteiger partial charge on any atom is 0.312 e. The van der Waals surface area contributed by atoms with Gasteiger partial charge in [0.15, 0.2) is 0 Å². The third kappa shape index (κ3) is 5.98. The number of halogens is 1. The highest BCUT2D eigenvalue weighted by Gasteiger charge is 2.28. The van der Waals surface area contributed by atoms with Gasteiger partial charge in [-0.1, -0.05) is 48.0 Å². The van der Waals surface area contributed by atoms with Crippen LogP contribution in [0.25, 0.3) is 0 Å². The summed E-state index contributed by atoms with van der Waals surface area (Å²) in [6.45, 7) is 1.25. The monoisotopic (exact) mass is 480 g/mol. The predicted octanol–water partition coefficient (Wildman–Crippen LogP) is 1.78. The number of nitrogens with zero attached hydrogens (tertiary/aromatic N) is 1. The van der Waals surface area contributed by atoms with E-state index in [1.165, 1.54) is 10.4 Å². The van der Waals surface area contributed by atoms with Crippen LogP contribution in [0.15, 0.2) is 53.4 Å². The Hall–Kier alpha value is -2.66. The van der Waals surface area contributed by atoms with E-state index in [0.717, 1.165) is 0 Å².